The van der Waals surface area contributed by atoms with Gasteiger partial charge < -0.3 is 15.0 Å². The molecule has 0 aliphatic carbocycles. The number of hydrogen-bond donors (Lipinski definition) is 1. The molecule has 1 aliphatic rings. The normalized spacial score (nSPS) is 20.6. The average molecular weight is 291 g/mol. The van der Waals surface area contributed by atoms with Crippen LogP contribution in [0.3, 0.4) is 0 Å². The van der Waals surface area contributed by atoms with Crippen LogP contribution in [0.4, 0.5) is 0 Å². The smallest absolute Gasteiger partial charge is 0.123 e. The van der Waals surface area contributed by atoms with Crippen LogP contribution in [0.15, 0.2) is 24.3 Å². The molecule has 1 unspecified atom stereocenters. The van der Waals surface area contributed by atoms with E-state index in [-0.39, 0.29) is 0 Å². The third-order valence-electron chi connectivity index (χ3n) is 4.14. The second-order valence-electron chi connectivity index (χ2n) is 5.88. The van der Waals surface area contributed by atoms with Crippen molar-refractivity contribution in [2.75, 3.05) is 46.4 Å². The SMILES string of the molecule is CCNCc1ccccc1OCCN1CCN(C)CC1C. The van der Waals surface area contributed by atoms with Gasteiger partial charge in [0.2, 0.25) is 0 Å². The Balaban J connectivity index is 1.80. The number of piperazine rings is 1. The summed E-state index contributed by atoms with van der Waals surface area (Å²) in [6.07, 6.45) is 0. The van der Waals surface area contributed by atoms with E-state index in [2.05, 4.69) is 54.2 Å². The quantitative estimate of drug-likeness (QED) is 0.829. The van der Waals surface area contributed by atoms with Gasteiger partial charge in [-0.1, -0.05) is 25.1 Å². The van der Waals surface area contributed by atoms with E-state index in [0.717, 1.165) is 51.6 Å². The van der Waals surface area contributed by atoms with Gasteiger partial charge in [0.15, 0.2) is 0 Å². The highest BCUT2D eigenvalue weighted by molar-refractivity contribution is 5.33. The van der Waals surface area contributed by atoms with Gasteiger partial charge >= 0.3 is 0 Å². The summed E-state index contributed by atoms with van der Waals surface area (Å²) in [5.41, 5.74) is 1.24. The maximum absolute atomic E-state index is 6.02. The van der Waals surface area contributed by atoms with Crippen molar-refractivity contribution >= 4 is 0 Å². The first-order valence-corrected chi connectivity index (χ1v) is 8.04. The second-order valence-corrected chi connectivity index (χ2v) is 5.88. The summed E-state index contributed by atoms with van der Waals surface area (Å²) < 4.78 is 6.02. The number of ether oxygens (including phenoxy) is 1. The van der Waals surface area contributed by atoms with Gasteiger partial charge in [-0.25, -0.2) is 0 Å². The van der Waals surface area contributed by atoms with Crippen LogP contribution in [-0.4, -0.2) is 62.2 Å². The molecule has 1 N–H and O–H groups in total. The van der Waals surface area contributed by atoms with Crippen molar-refractivity contribution in [3.8, 4) is 5.75 Å². The summed E-state index contributed by atoms with van der Waals surface area (Å²) in [6.45, 7) is 11.5. The largest absolute Gasteiger partial charge is 0.492 e. The third-order valence-corrected chi connectivity index (χ3v) is 4.14. The summed E-state index contributed by atoms with van der Waals surface area (Å²) in [5, 5.41) is 3.36. The van der Waals surface area contributed by atoms with E-state index in [1.165, 1.54) is 5.56 Å². The molecular weight excluding hydrogens is 262 g/mol. The van der Waals surface area contributed by atoms with Gasteiger partial charge in [0.25, 0.3) is 0 Å². The molecule has 0 radical (unpaired) electrons. The number of hydrogen-bond acceptors (Lipinski definition) is 4. The standard InChI is InChI=1S/C17H29N3O/c1-4-18-13-16-7-5-6-8-17(16)21-12-11-20-10-9-19(3)14-15(20)2/h5-8,15,18H,4,9-14H2,1-3H3. The van der Waals surface area contributed by atoms with E-state index >= 15 is 0 Å². The van der Waals surface area contributed by atoms with Crippen molar-refractivity contribution in [3.63, 3.8) is 0 Å². The van der Waals surface area contributed by atoms with E-state index in [9.17, 15) is 0 Å². The summed E-state index contributed by atoms with van der Waals surface area (Å²) in [5.74, 6) is 1.01. The number of likely N-dealkylation sites (N-methyl/N-ethyl adjacent to an activating group) is 1. The molecule has 118 valence electrons. The minimum Gasteiger partial charge on any atom is -0.492 e. The van der Waals surface area contributed by atoms with E-state index < -0.39 is 0 Å². The van der Waals surface area contributed by atoms with Gasteiger partial charge in [-0.2, -0.15) is 0 Å². The van der Waals surface area contributed by atoms with Crippen molar-refractivity contribution in [2.45, 2.75) is 26.4 Å². The molecule has 0 spiro atoms. The topological polar surface area (TPSA) is 27.7 Å². The third kappa shape index (κ3) is 4.99. The molecule has 4 heteroatoms. The molecule has 1 saturated heterocycles. The minimum absolute atomic E-state index is 0.615. The van der Waals surface area contributed by atoms with Crippen molar-refractivity contribution in [3.05, 3.63) is 29.8 Å². The Kier molecular flexibility index (Phi) is 6.49. The van der Waals surface area contributed by atoms with Crippen LogP contribution in [0.5, 0.6) is 5.75 Å². The Morgan fingerprint density at radius 2 is 2.10 bits per heavy atom. The minimum atomic E-state index is 0.615. The van der Waals surface area contributed by atoms with Gasteiger partial charge in [0.05, 0.1) is 0 Å². The van der Waals surface area contributed by atoms with Crippen LogP contribution in [0.1, 0.15) is 19.4 Å². The molecule has 1 aromatic carbocycles. The first-order chi connectivity index (χ1) is 10.2. The highest BCUT2D eigenvalue weighted by Crippen LogP contribution is 2.18. The van der Waals surface area contributed by atoms with Crippen LogP contribution < -0.4 is 10.1 Å². The van der Waals surface area contributed by atoms with Gasteiger partial charge in [-0.15, -0.1) is 0 Å². The zero-order valence-corrected chi connectivity index (χ0v) is 13.6. The van der Waals surface area contributed by atoms with Gasteiger partial charge in [-0.05, 0) is 26.6 Å². The van der Waals surface area contributed by atoms with Crippen LogP contribution in [0.25, 0.3) is 0 Å². The van der Waals surface area contributed by atoms with Crippen LogP contribution >= 0.6 is 0 Å². The van der Waals surface area contributed by atoms with Crippen LogP contribution in [0.2, 0.25) is 0 Å². The Bertz CT molecular complexity index is 424. The number of para-hydroxylation sites is 1. The molecule has 21 heavy (non-hydrogen) atoms. The highest BCUT2D eigenvalue weighted by atomic mass is 16.5. The predicted molar refractivity (Wildman–Crippen MR) is 87.8 cm³/mol. The molecule has 0 bridgehead atoms. The maximum Gasteiger partial charge on any atom is 0.123 e. The molecule has 1 heterocycles. The van der Waals surface area contributed by atoms with Crippen molar-refractivity contribution in [1.29, 1.82) is 0 Å². The molecule has 0 saturated carbocycles. The molecule has 1 aromatic rings. The predicted octanol–water partition coefficient (Wildman–Crippen LogP) is 1.81. The molecule has 1 fully saturated rings. The van der Waals surface area contributed by atoms with Gasteiger partial charge in [-0.3, -0.25) is 4.90 Å². The van der Waals surface area contributed by atoms with Gasteiger partial charge in [0.1, 0.15) is 12.4 Å². The fraction of sp³-hybridized carbons (Fsp3) is 0.647. The lowest BCUT2D eigenvalue weighted by Gasteiger charge is -2.38. The summed E-state index contributed by atoms with van der Waals surface area (Å²) in [4.78, 5) is 4.92. The lowest BCUT2D eigenvalue weighted by Crippen LogP contribution is -2.51. The van der Waals surface area contributed by atoms with Crippen molar-refractivity contribution in [1.82, 2.24) is 15.1 Å². The van der Waals surface area contributed by atoms with Crippen molar-refractivity contribution in [2.24, 2.45) is 0 Å². The fourth-order valence-corrected chi connectivity index (χ4v) is 2.83. The Labute approximate surface area is 129 Å². The first-order valence-electron chi connectivity index (χ1n) is 8.04. The molecule has 0 amide bonds. The van der Waals surface area contributed by atoms with Crippen LogP contribution in [0, 0.1) is 0 Å². The maximum atomic E-state index is 6.02. The number of rotatable bonds is 7. The molecule has 0 aromatic heterocycles. The zero-order chi connectivity index (χ0) is 15.1. The number of nitrogens with one attached hydrogen (secondary N) is 1. The highest BCUT2D eigenvalue weighted by Gasteiger charge is 2.20. The molecular formula is C17H29N3O. The molecule has 2 rings (SSSR count). The molecule has 1 atom stereocenters. The monoisotopic (exact) mass is 291 g/mol. The van der Waals surface area contributed by atoms with E-state index in [0.29, 0.717) is 6.04 Å². The van der Waals surface area contributed by atoms with E-state index in [4.69, 9.17) is 4.74 Å². The van der Waals surface area contributed by atoms with E-state index in [1.54, 1.807) is 0 Å². The Morgan fingerprint density at radius 1 is 1.29 bits per heavy atom. The summed E-state index contributed by atoms with van der Waals surface area (Å²) in [6, 6.07) is 8.94. The summed E-state index contributed by atoms with van der Waals surface area (Å²) >= 11 is 0. The van der Waals surface area contributed by atoms with E-state index in [1.807, 2.05) is 6.07 Å². The number of nitrogens with zero attached hydrogens (tertiary/aromatic N) is 2. The average Bonchev–Trinajstić information content (AvgIpc) is 2.48. The second kappa shape index (κ2) is 8.37. The lowest BCUT2D eigenvalue weighted by atomic mass is 10.2. The fourth-order valence-electron chi connectivity index (χ4n) is 2.83. The Morgan fingerprint density at radius 3 is 2.86 bits per heavy atom. The van der Waals surface area contributed by atoms with Crippen molar-refractivity contribution < 1.29 is 4.74 Å². The molecule has 4 nitrogen and oxygen atoms in total. The summed E-state index contributed by atoms with van der Waals surface area (Å²) in [7, 11) is 2.20. The lowest BCUT2D eigenvalue weighted by molar-refractivity contribution is 0.0857. The Hall–Kier alpha value is -1.10. The van der Waals surface area contributed by atoms with Gasteiger partial charge in [0, 0.05) is 44.3 Å². The number of benzene rings is 1. The molecule has 1 aliphatic heterocycles. The first kappa shape index (κ1) is 16.3. The van der Waals surface area contributed by atoms with Crippen LogP contribution in [-0.2, 0) is 6.54 Å². The zero-order valence-electron chi connectivity index (χ0n) is 13.6.